The largest absolute Gasteiger partial charge is 0.342 e. The van der Waals surface area contributed by atoms with E-state index in [1.165, 1.54) is 6.42 Å². The first kappa shape index (κ1) is 21.8. The highest BCUT2D eigenvalue weighted by Gasteiger charge is 2.39. The van der Waals surface area contributed by atoms with Crippen molar-refractivity contribution >= 4 is 23.4 Å². The Morgan fingerprint density at radius 1 is 0.839 bits per heavy atom. The van der Waals surface area contributed by atoms with Gasteiger partial charge >= 0.3 is 0 Å². The molecular formula is C25H35N3O3. The van der Waals surface area contributed by atoms with E-state index >= 15 is 0 Å². The van der Waals surface area contributed by atoms with Crippen LogP contribution in [-0.4, -0.2) is 60.2 Å². The zero-order valence-corrected chi connectivity index (χ0v) is 19.0. The van der Waals surface area contributed by atoms with Gasteiger partial charge in [-0.2, -0.15) is 0 Å². The van der Waals surface area contributed by atoms with Crippen molar-refractivity contribution in [2.75, 3.05) is 37.6 Å². The molecular weight excluding hydrogens is 390 g/mol. The van der Waals surface area contributed by atoms with Crippen LogP contribution < -0.4 is 4.90 Å². The third kappa shape index (κ3) is 4.78. The van der Waals surface area contributed by atoms with Gasteiger partial charge in [-0.05, 0) is 50.2 Å². The van der Waals surface area contributed by atoms with E-state index in [4.69, 9.17) is 0 Å². The summed E-state index contributed by atoms with van der Waals surface area (Å²) in [4.78, 5) is 44.3. The molecule has 6 nitrogen and oxygen atoms in total. The predicted octanol–water partition coefficient (Wildman–Crippen LogP) is 3.09. The summed E-state index contributed by atoms with van der Waals surface area (Å²) in [6.07, 6.45) is 2.92. The van der Waals surface area contributed by atoms with Crippen molar-refractivity contribution < 1.29 is 14.4 Å². The lowest BCUT2D eigenvalue weighted by Gasteiger charge is -2.39. The van der Waals surface area contributed by atoms with E-state index in [1.54, 1.807) is 4.90 Å². The molecule has 3 aliphatic rings. The Morgan fingerprint density at radius 3 is 2.03 bits per heavy atom. The summed E-state index contributed by atoms with van der Waals surface area (Å²) in [7, 11) is 0. The minimum absolute atomic E-state index is 0.0144. The van der Waals surface area contributed by atoms with Gasteiger partial charge < -0.3 is 14.7 Å². The molecule has 1 aromatic rings. The molecule has 3 atom stereocenters. The summed E-state index contributed by atoms with van der Waals surface area (Å²) < 4.78 is 0. The second kappa shape index (κ2) is 9.01. The summed E-state index contributed by atoms with van der Waals surface area (Å²) in [5, 5.41) is 0. The van der Waals surface area contributed by atoms with Crippen molar-refractivity contribution in [2.24, 2.45) is 23.7 Å². The zero-order chi connectivity index (χ0) is 22.1. The molecule has 168 valence electrons. The van der Waals surface area contributed by atoms with Crippen molar-refractivity contribution in [1.29, 1.82) is 0 Å². The number of piperidine rings is 2. The number of likely N-dealkylation sites (tertiary alicyclic amines) is 2. The van der Waals surface area contributed by atoms with Crippen LogP contribution in [0.1, 0.15) is 45.1 Å². The second-order valence-electron chi connectivity index (χ2n) is 10.0. The van der Waals surface area contributed by atoms with E-state index in [-0.39, 0.29) is 36.0 Å². The summed E-state index contributed by atoms with van der Waals surface area (Å²) in [5.74, 6) is 1.21. The van der Waals surface area contributed by atoms with Crippen LogP contribution >= 0.6 is 0 Å². The number of aryl methyl sites for hydroxylation is 1. The molecule has 31 heavy (non-hydrogen) atoms. The van der Waals surface area contributed by atoms with Gasteiger partial charge in [0.1, 0.15) is 0 Å². The highest BCUT2D eigenvalue weighted by molar-refractivity contribution is 6.00. The van der Waals surface area contributed by atoms with Gasteiger partial charge in [-0.25, -0.2) is 0 Å². The molecule has 3 amide bonds. The van der Waals surface area contributed by atoms with Crippen molar-refractivity contribution in [2.45, 2.75) is 46.5 Å². The van der Waals surface area contributed by atoms with Crippen LogP contribution in [0.4, 0.5) is 5.69 Å². The highest BCUT2D eigenvalue weighted by atomic mass is 16.2. The maximum atomic E-state index is 13.1. The Bertz CT molecular complexity index is 819. The number of benzene rings is 1. The zero-order valence-electron chi connectivity index (χ0n) is 19.0. The van der Waals surface area contributed by atoms with Crippen LogP contribution in [0.25, 0.3) is 0 Å². The third-order valence-corrected chi connectivity index (χ3v) is 7.16. The Hall–Kier alpha value is -2.37. The monoisotopic (exact) mass is 425 g/mol. The lowest BCUT2D eigenvalue weighted by atomic mass is 9.89. The van der Waals surface area contributed by atoms with Crippen LogP contribution in [0.5, 0.6) is 0 Å². The highest BCUT2D eigenvalue weighted by Crippen LogP contribution is 2.29. The number of amides is 3. The molecule has 3 heterocycles. The minimum atomic E-state index is -0.287. The van der Waals surface area contributed by atoms with Gasteiger partial charge in [-0.1, -0.05) is 31.5 Å². The Morgan fingerprint density at radius 2 is 1.42 bits per heavy atom. The molecule has 3 saturated heterocycles. The summed E-state index contributed by atoms with van der Waals surface area (Å²) >= 11 is 0. The molecule has 3 aliphatic heterocycles. The molecule has 4 rings (SSSR count). The van der Waals surface area contributed by atoms with Crippen LogP contribution in [0.3, 0.4) is 0 Å². The Labute approximate surface area is 185 Å². The van der Waals surface area contributed by atoms with Crippen LogP contribution in [0, 0.1) is 30.6 Å². The molecule has 0 unspecified atom stereocenters. The van der Waals surface area contributed by atoms with E-state index in [2.05, 4.69) is 18.7 Å². The van der Waals surface area contributed by atoms with Gasteiger partial charge in [-0.3, -0.25) is 14.4 Å². The number of carbonyl (C=O) groups is 3. The number of rotatable bonds is 3. The average molecular weight is 426 g/mol. The normalized spacial score (nSPS) is 27.6. The first-order chi connectivity index (χ1) is 14.8. The maximum Gasteiger partial charge on any atom is 0.228 e. The first-order valence-electron chi connectivity index (χ1n) is 11.8. The average Bonchev–Trinajstić information content (AvgIpc) is 3.14. The molecule has 6 heteroatoms. The van der Waals surface area contributed by atoms with E-state index in [0.717, 1.165) is 37.2 Å². The van der Waals surface area contributed by atoms with E-state index in [9.17, 15) is 14.4 Å². The van der Waals surface area contributed by atoms with E-state index in [0.29, 0.717) is 31.5 Å². The minimum Gasteiger partial charge on any atom is -0.342 e. The lowest BCUT2D eigenvalue weighted by Crippen LogP contribution is -2.49. The predicted molar refractivity (Wildman–Crippen MR) is 120 cm³/mol. The van der Waals surface area contributed by atoms with Crippen molar-refractivity contribution in [3.63, 3.8) is 0 Å². The molecule has 0 bridgehead atoms. The van der Waals surface area contributed by atoms with Crippen LogP contribution in [-0.2, 0) is 14.4 Å². The van der Waals surface area contributed by atoms with Gasteiger partial charge in [-0.15, -0.1) is 0 Å². The molecule has 0 aliphatic carbocycles. The van der Waals surface area contributed by atoms with Crippen molar-refractivity contribution in [3.8, 4) is 0 Å². The smallest absolute Gasteiger partial charge is 0.228 e. The topological polar surface area (TPSA) is 60.9 Å². The van der Waals surface area contributed by atoms with E-state index in [1.807, 2.05) is 36.1 Å². The standard InChI is InChI=1S/C25H35N3O3/c1-17-4-6-22(7-5-17)28-16-21(13-23(28)29)25(31)26-10-8-20(9-11-26)24(30)27-14-18(2)12-19(3)15-27/h4-7,18-21H,8-16H2,1-3H3/t18-,19+,21-/m1/s1. The number of hydrogen-bond acceptors (Lipinski definition) is 3. The molecule has 0 radical (unpaired) electrons. The Kier molecular flexibility index (Phi) is 6.35. The number of carbonyl (C=O) groups excluding carboxylic acids is 3. The fourth-order valence-electron chi connectivity index (χ4n) is 5.55. The lowest BCUT2D eigenvalue weighted by molar-refractivity contribution is -0.144. The van der Waals surface area contributed by atoms with Crippen LogP contribution in [0.2, 0.25) is 0 Å². The molecule has 0 N–H and O–H groups in total. The second-order valence-corrected chi connectivity index (χ2v) is 10.0. The number of hydrogen-bond donors (Lipinski definition) is 0. The summed E-state index contributed by atoms with van der Waals surface area (Å²) in [6.45, 7) is 9.86. The van der Waals surface area contributed by atoms with Gasteiger partial charge in [0.2, 0.25) is 17.7 Å². The Balaban J connectivity index is 1.31. The molecule has 0 saturated carbocycles. The van der Waals surface area contributed by atoms with Gasteiger partial charge in [0, 0.05) is 50.7 Å². The first-order valence-corrected chi connectivity index (χ1v) is 11.8. The maximum absolute atomic E-state index is 13.1. The fourth-order valence-corrected chi connectivity index (χ4v) is 5.55. The summed E-state index contributed by atoms with van der Waals surface area (Å²) in [5.41, 5.74) is 2.01. The van der Waals surface area contributed by atoms with Gasteiger partial charge in [0.25, 0.3) is 0 Å². The quantitative estimate of drug-likeness (QED) is 0.748. The fraction of sp³-hybridized carbons (Fsp3) is 0.640. The van der Waals surface area contributed by atoms with Gasteiger partial charge in [0.05, 0.1) is 5.92 Å². The van der Waals surface area contributed by atoms with Crippen LogP contribution in [0.15, 0.2) is 24.3 Å². The van der Waals surface area contributed by atoms with Crippen molar-refractivity contribution in [1.82, 2.24) is 9.80 Å². The van der Waals surface area contributed by atoms with Gasteiger partial charge in [0.15, 0.2) is 0 Å². The summed E-state index contributed by atoms with van der Waals surface area (Å²) in [6, 6.07) is 7.87. The number of nitrogens with zero attached hydrogens (tertiary/aromatic N) is 3. The third-order valence-electron chi connectivity index (χ3n) is 7.16. The molecule has 0 aromatic heterocycles. The molecule has 1 aromatic carbocycles. The number of anilines is 1. The van der Waals surface area contributed by atoms with Crippen molar-refractivity contribution in [3.05, 3.63) is 29.8 Å². The SMILES string of the molecule is Cc1ccc(N2C[C@H](C(=O)N3CCC(C(=O)N4C[C@H](C)C[C@H](C)C4)CC3)CC2=O)cc1. The molecule has 3 fully saturated rings. The van der Waals surface area contributed by atoms with E-state index < -0.39 is 0 Å². The molecule has 0 spiro atoms.